The molecule has 6 nitrogen and oxygen atoms in total. The molecular formula is C17H22N2O4S. The van der Waals surface area contributed by atoms with Crippen molar-refractivity contribution >= 4 is 21.4 Å². The highest BCUT2D eigenvalue weighted by Crippen LogP contribution is 2.38. The summed E-state index contributed by atoms with van der Waals surface area (Å²) in [4.78, 5) is 14.6. The zero-order chi connectivity index (χ0) is 17.3. The molecule has 0 aliphatic carbocycles. The van der Waals surface area contributed by atoms with Gasteiger partial charge in [0.05, 0.1) is 23.8 Å². The molecule has 24 heavy (non-hydrogen) atoms. The molecule has 0 aromatic heterocycles. The molecule has 2 aliphatic heterocycles. The second-order valence-corrected chi connectivity index (χ2v) is 8.24. The van der Waals surface area contributed by atoms with Crippen molar-refractivity contribution in [3.05, 3.63) is 34.7 Å². The number of rotatable bonds is 4. The minimum atomic E-state index is -3.81. The molecule has 0 unspecified atom stereocenters. The van der Waals surface area contributed by atoms with Crippen LogP contribution < -0.4 is 5.32 Å². The summed E-state index contributed by atoms with van der Waals surface area (Å²) < 4.78 is 31.2. The highest BCUT2D eigenvalue weighted by molar-refractivity contribution is 7.97. The van der Waals surface area contributed by atoms with Gasteiger partial charge < -0.3 is 15.0 Å². The fourth-order valence-corrected chi connectivity index (χ4v) is 4.63. The second-order valence-electron chi connectivity index (χ2n) is 6.38. The number of hydrogen-bond acceptors (Lipinski definition) is 5. The van der Waals surface area contributed by atoms with Crippen molar-refractivity contribution in [2.24, 2.45) is 5.92 Å². The maximum Gasteiger partial charge on any atom is 0.268 e. The Labute approximate surface area is 142 Å². The third kappa shape index (κ3) is 2.93. The summed E-state index contributed by atoms with van der Waals surface area (Å²) in [5.74, 6) is -0.117. The van der Waals surface area contributed by atoms with E-state index in [2.05, 4.69) is 5.32 Å². The minimum absolute atomic E-state index is 0.133. The first-order valence-electron chi connectivity index (χ1n) is 8.12. The number of amides is 1. The van der Waals surface area contributed by atoms with Gasteiger partial charge in [0.2, 0.25) is 9.84 Å². The molecule has 0 atom stereocenters. The lowest BCUT2D eigenvalue weighted by molar-refractivity contribution is -0.130. The van der Waals surface area contributed by atoms with E-state index in [1.165, 1.54) is 0 Å². The molecule has 7 heteroatoms. The number of morpholine rings is 1. The van der Waals surface area contributed by atoms with E-state index < -0.39 is 15.7 Å². The molecule has 0 bridgehead atoms. The van der Waals surface area contributed by atoms with Gasteiger partial charge >= 0.3 is 0 Å². The predicted molar refractivity (Wildman–Crippen MR) is 90.8 cm³/mol. The number of benzene rings is 1. The van der Waals surface area contributed by atoms with E-state index in [9.17, 15) is 13.2 Å². The van der Waals surface area contributed by atoms with Gasteiger partial charge in [-0.15, -0.1) is 0 Å². The summed E-state index contributed by atoms with van der Waals surface area (Å²) >= 11 is 0. The lowest BCUT2D eigenvalue weighted by atomic mass is 10.1. The molecule has 1 fully saturated rings. The number of ether oxygens (including phenoxy) is 1. The zero-order valence-corrected chi connectivity index (χ0v) is 14.7. The van der Waals surface area contributed by atoms with E-state index in [1.807, 2.05) is 13.8 Å². The number of carbonyl (C=O) groups excluding carboxylic acids is 1. The van der Waals surface area contributed by atoms with E-state index in [-0.39, 0.29) is 9.80 Å². The van der Waals surface area contributed by atoms with Crippen LogP contribution in [0.5, 0.6) is 0 Å². The third-order valence-corrected chi connectivity index (χ3v) is 5.97. The standard InChI is InChI=1S/C17H22N2O4S/c1-12(2)11-18-15-13-5-3-4-6-14(13)24(21,22)16(15)17(20)19-7-9-23-10-8-19/h3-6,12,18H,7-11H2,1-2H3. The Morgan fingerprint density at radius 2 is 1.92 bits per heavy atom. The molecule has 1 aromatic carbocycles. The number of fused-ring (bicyclic) bond motifs is 1. The average molecular weight is 350 g/mol. The van der Waals surface area contributed by atoms with Gasteiger partial charge in [0.25, 0.3) is 5.91 Å². The first-order valence-corrected chi connectivity index (χ1v) is 9.61. The third-order valence-electron chi connectivity index (χ3n) is 4.12. The molecular weight excluding hydrogens is 328 g/mol. The summed E-state index contributed by atoms with van der Waals surface area (Å²) in [5, 5.41) is 3.18. The van der Waals surface area contributed by atoms with Crippen LogP contribution >= 0.6 is 0 Å². The molecule has 1 aromatic rings. The summed E-state index contributed by atoms with van der Waals surface area (Å²) in [6.45, 7) is 6.34. The zero-order valence-electron chi connectivity index (χ0n) is 13.9. The topological polar surface area (TPSA) is 75.7 Å². The number of sulfone groups is 1. The molecule has 2 heterocycles. The monoisotopic (exact) mass is 350 g/mol. The smallest absolute Gasteiger partial charge is 0.268 e. The van der Waals surface area contributed by atoms with Gasteiger partial charge in [-0.2, -0.15) is 0 Å². The predicted octanol–water partition coefficient (Wildman–Crippen LogP) is 1.25. The number of hydrogen-bond donors (Lipinski definition) is 1. The van der Waals surface area contributed by atoms with Crippen molar-refractivity contribution in [2.75, 3.05) is 32.8 Å². The summed E-state index contributed by atoms with van der Waals surface area (Å²) in [7, 11) is -3.81. The van der Waals surface area contributed by atoms with Crippen LogP contribution in [0.4, 0.5) is 0 Å². The SMILES string of the molecule is CC(C)CNC1=C(C(=O)N2CCOCC2)S(=O)(=O)c2ccccc21. The number of carbonyl (C=O) groups is 1. The van der Waals surface area contributed by atoms with Gasteiger partial charge in [-0.05, 0) is 12.0 Å². The summed E-state index contributed by atoms with van der Waals surface area (Å²) in [5.41, 5.74) is 1.01. The molecule has 3 rings (SSSR count). The fraction of sp³-hybridized carbons (Fsp3) is 0.471. The lowest BCUT2D eigenvalue weighted by Gasteiger charge is -2.27. The van der Waals surface area contributed by atoms with Crippen molar-refractivity contribution in [2.45, 2.75) is 18.7 Å². The van der Waals surface area contributed by atoms with Gasteiger partial charge in [0.15, 0.2) is 4.91 Å². The van der Waals surface area contributed by atoms with Crippen molar-refractivity contribution in [3.8, 4) is 0 Å². The highest BCUT2D eigenvalue weighted by atomic mass is 32.2. The van der Waals surface area contributed by atoms with Crippen LogP contribution in [0.2, 0.25) is 0 Å². The van der Waals surface area contributed by atoms with E-state index in [0.717, 1.165) is 0 Å². The summed E-state index contributed by atoms with van der Waals surface area (Å²) in [6, 6.07) is 6.77. The van der Waals surface area contributed by atoms with Gasteiger partial charge in [-0.3, -0.25) is 4.79 Å². The van der Waals surface area contributed by atoms with Crippen LogP contribution in [0, 0.1) is 5.92 Å². The second kappa shape index (κ2) is 6.57. The Morgan fingerprint density at radius 3 is 2.58 bits per heavy atom. The molecule has 2 aliphatic rings. The Morgan fingerprint density at radius 1 is 1.25 bits per heavy atom. The molecule has 0 saturated carbocycles. The van der Waals surface area contributed by atoms with Crippen molar-refractivity contribution in [1.82, 2.24) is 10.2 Å². The van der Waals surface area contributed by atoms with Crippen molar-refractivity contribution < 1.29 is 17.9 Å². The molecule has 1 N–H and O–H groups in total. The van der Waals surface area contributed by atoms with Crippen molar-refractivity contribution in [3.63, 3.8) is 0 Å². The minimum Gasteiger partial charge on any atom is -0.383 e. The van der Waals surface area contributed by atoms with E-state index in [1.54, 1.807) is 29.2 Å². The van der Waals surface area contributed by atoms with Gasteiger partial charge in [0, 0.05) is 25.2 Å². The average Bonchev–Trinajstić information content (AvgIpc) is 2.80. The molecule has 0 radical (unpaired) electrons. The number of nitrogens with zero attached hydrogens (tertiary/aromatic N) is 1. The van der Waals surface area contributed by atoms with Gasteiger partial charge in [-0.25, -0.2) is 8.42 Å². The normalized spacial score (nSPS) is 19.5. The molecule has 1 amide bonds. The maximum absolute atomic E-state index is 12.9. The number of nitrogens with one attached hydrogen (secondary N) is 1. The Balaban J connectivity index is 2.06. The van der Waals surface area contributed by atoms with Crippen LogP contribution in [0.25, 0.3) is 5.70 Å². The quantitative estimate of drug-likeness (QED) is 0.884. The van der Waals surface area contributed by atoms with Gasteiger partial charge in [0.1, 0.15) is 0 Å². The van der Waals surface area contributed by atoms with Crippen LogP contribution in [-0.2, 0) is 19.4 Å². The van der Waals surface area contributed by atoms with E-state index >= 15 is 0 Å². The van der Waals surface area contributed by atoms with E-state index in [0.29, 0.717) is 50.0 Å². The maximum atomic E-state index is 12.9. The Kier molecular flexibility index (Phi) is 4.64. The molecule has 130 valence electrons. The van der Waals surface area contributed by atoms with Crippen LogP contribution in [-0.4, -0.2) is 52.1 Å². The largest absolute Gasteiger partial charge is 0.383 e. The first-order chi connectivity index (χ1) is 11.4. The molecule has 1 saturated heterocycles. The highest BCUT2D eigenvalue weighted by Gasteiger charge is 2.41. The first kappa shape index (κ1) is 17.0. The Hall–Kier alpha value is -1.86. The van der Waals surface area contributed by atoms with Gasteiger partial charge in [-0.1, -0.05) is 32.0 Å². The van der Waals surface area contributed by atoms with Crippen LogP contribution in [0.3, 0.4) is 0 Å². The Bertz CT molecular complexity index is 778. The lowest BCUT2D eigenvalue weighted by Crippen LogP contribution is -2.42. The van der Waals surface area contributed by atoms with Crippen LogP contribution in [0.1, 0.15) is 19.4 Å². The van der Waals surface area contributed by atoms with E-state index in [4.69, 9.17) is 4.74 Å². The fourth-order valence-electron chi connectivity index (χ4n) is 2.89. The van der Waals surface area contributed by atoms with Crippen molar-refractivity contribution in [1.29, 1.82) is 0 Å². The summed E-state index contributed by atoms with van der Waals surface area (Å²) in [6.07, 6.45) is 0. The van der Waals surface area contributed by atoms with Crippen LogP contribution in [0.15, 0.2) is 34.1 Å². The molecule has 0 spiro atoms.